The first-order valence-corrected chi connectivity index (χ1v) is 11.3. The van der Waals surface area contributed by atoms with Crippen molar-refractivity contribution in [1.82, 2.24) is 9.99 Å². The van der Waals surface area contributed by atoms with Gasteiger partial charge in [0.1, 0.15) is 0 Å². The van der Waals surface area contributed by atoms with E-state index in [0.717, 1.165) is 16.5 Å². The van der Waals surface area contributed by atoms with Crippen LogP contribution in [0.3, 0.4) is 0 Å². The number of nitrogens with zero attached hydrogens (tertiary/aromatic N) is 3. The van der Waals surface area contributed by atoms with Gasteiger partial charge in [-0.3, -0.25) is 9.78 Å². The van der Waals surface area contributed by atoms with Gasteiger partial charge in [-0.25, -0.2) is 4.79 Å². The molecule has 0 N–H and O–H groups in total. The quantitative estimate of drug-likeness (QED) is 0.294. The Morgan fingerprint density at radius 3 is 2.53 bits per heavy atom. The van der Waals surface area contributed by atoms with E-state index < -0.39 is 12.2 Å². The van der Waals surface area contributed by atoms with Crippen LogP contribution in [0, 0.1) is 6.92 Å². The van der Waals surface area contributed by atoms with Crippen LogP contribution in [0.4, 0.5) is 0 Å². The first-order valence-electron chi connectivity index (χ1n) is 11.3. The highest BCUT2D eigenvalue weighted by Gasteiger charge is 2.33. The molecular weight excluding hydrogens is 458 g/mol. The monoisotopic (exact) mass is 481 g/mol. The van der Waals surface area contributed by atoms with Gasteiger partial charge in [-0.05, 0) is 54.1 Å². The predicted octanol–water partition coefficient (Wildman–Crippen LogP) is 5.01. The van der Waals surface area contributed by atoms with Crippen LogP contribution >= 0.6 is 0 Å². The summed E-state index contributed by atoms with van der Waals surface area (Å²) in [4.78, 5) is 29.5. The van der Waals surface area contributed by atoms with Gasteiger partial charge >= 0.3 is 5.97 Å². The Labute approximate surface area is 207 Å². The standard InChI is InChI=1S/C28H23N3O5/c1-17-11-12-21(16-29-17)27-31(18(2)32)30-26(36-27)20-13-14-24(25(15-20)34-3)35-28(33)23-10-6-8-19-7-4-5-9-22(19)23/h4-16,27H,1-3H3/t27-/m1/s1. The maximum Gasteiger partial charge on any atom is 0.344 e. The third-order valence-corrected chi connectivity index (χ3v) is 5.81. The van der Waals surface area contributed by atoms with E-state index in [-0.39, 0.29) is 17.6 Å². The van der Waals surface area contributed by atoms with Crippen molar-refractivity contribution >= 4 is 28.5 Å². The summed E-state index contributed by atoms with van der Waals surface area (Å²) in [6, 6.07) is 21.7. The summed E-state index contributed by atoms with van der Waals surface area (Å²) >= 11 is 0. The topological polar surface area (TPSA) is 90.3 Å². The van der Waals surface area contributed by atoms with Crippen LogP contribution in [0.1, 0.15) is 40.3 Å². The van der Waals surface area contributed by atoms with Gasteiger partial charge < -0.3 is 14.2 Å². The molecule has 0 unspecified atom stereocenters. The molecular formula is C28H23N3O5. The van der Waals surface area contributed by atoms with Crippen molar-refractivity contribution in [2.75, 3.05) is 7.11 Å². The minimum Gasteiger partial charge on any atom is -0.493 e. The van der Waals surface area contributed by atoms with Crippen LogP contribution in [0.5, 0.6) is 11.5 Å². The molecule has 1 aromatic heterocycles. The van der Waals surface area contributed by atoms with Gasteiger partial charge in [0.2, 0.25) is 18.0 Å². The molecule has 1 atom stereocenters. The Morgan fingerprint density at radius 2 is 1.78 bits per heavy atom. The van der Waals surface area contributed by atoms with E-state index >= 15 is 0 Å². The number of hydrogen-bond acceptors (Lipinski definition) is 7. The minimum atomic E-state index is -0.736. The fraction of sp³-hybridized carbons (Fsp3) is 0.143. The second kappa shape index (κ2) is 9.50. The number of aryl methyl sites for hydroxylation is 1. The average Bonchev–Trinajstić information content (AvgIpc) is 3.35. The van der Waals surface area contributed by atoms with Crippen molar-refractivity contribution in [3.63, 3.8) is 0 Å². The Bertz CT molecular complexity index is 1490. The summed E-state index contributed by atoms with van der Waals surface area (Å²) in [5.41, 5.74) is 2.56. The Kier molecular flexibility index (Phi) is 6.08. The van der Waals surface area contributed by atoms with Gasteiger partial charge in [0.25, 0.3) is 0 Å². The number of amides is 1. The summed E-state index contributed by atoms with van der Waals surface area (Å²) in [6.45, 7) is 3.30. The number of hydrogen-bond donors (Lipinski definition) is 0. The van der Waals surface area contributed by atoms with Crippen molar-refractivity contribution in [1.29, 1.82) is 0 Å². The van der Waals surface area contributed by atoms with E-state index in [9.17, 15) is 9.59 Å². The molecule has 1 aliphatic heterocycles. The molecule has 36 heavy (non-hydrogen) atoms. The van der Waals surface area contributed by atoms with Crippen molar-refractivity contribution in [3.05, 3.63) is 101 Å². The van der Waals surface area contributed by atoms with E-state index in [1.165, 1.54) is 19.0 Å². The summed E-state index contributed by atoms with van der Waals surface area (Å²) in [6.07, 6.45) is 0.922. The first-order chi connectivity index (χ1) is 17.4. The second-order valence-corrected chi connectivity index (χ2v) is 8.25. The van der Waals surface area contributed by atoms with E-state index in [4.69, 9.17) is 14.2 Å². The number of aromatic nitrogens is 1. The Balaban J connectivity index is 1.41. The lowest BCUT2D eigenvalue weighted by Crippen LogP contribution is -2.25. The van der Waals surface area contributed by atoms with Gasteiger partial charge in [0, 0.05) is 29.9 Å². The van der Waals surface area contributed by atoms with E-state index in [0.29, 0.717) is 22.4 Å². The minimum absolute atomic E-state index is 0.237. The number of hydrazone groups is 1. The summed E-state index contributed by atoms with van der Waals surface area (Å²) in [5, 5.41) is 7.38. The lowest BCUT2D eigenvalue weighted by molar-refractivity contribution is -0.135. The molecule has 3 aromatic carbocycles. The molecule has 0 spiro atoms. The number of methoxy groups -OCH3 is 1. The highest BCUT2D eigenvalue weighted by molar-refractivity contribution is 6.05. The zero-order chi connectivity index (χ0) is 25.2. The number of carbonyl (C=O) groups excluding carboxylic acids is 2. The molecule has 180 valence electrons. The number of carbonyl (C=O) groups is 2. The largest absolute Gasteiger partial charge is 0.493 e. The predicted molar refractivity (Wildman–Crippen MR) is 134 cm³/mol. The SMILES string of the molecule is COc1cc(C2=NN(C(C)=O)[C@@H](c3ccc(C)nc3)O2)ccc1OC(=O)c1cccc2ccccc12. The molecule has 0 bridgehead atoms. The van der Waals surface area contributed by atoms with Gasteiger partial charge in [-0.2, -0.15) is 5.01 Å². The zero-order valence-corrected chi connectivity index (χ0v) is 20.0. The summed E-state index contributed by atoms with van der Waals surface area (Å²) in [5.74, 6) is 0.0360. The van der Waals surface area contributed by atoms with Crippen molar-refractivity contribution in [2.24, 2.45) is 5.10 Å². The van der Waals surface area contributed by atoms with Crippen molar-refractivity contribution < 1.29 is 23.8 Å². The molecule has 0 radical (unpaired) electrons. The second-order valence-electron chi connectivity index (χ2n) is 8.25. The van der Waals surface area contributed by atoms with Crippen LogP contribution in [-0.2, 0) is 9.53 Å². The van der Waals surface area contributed by atoms with Crippen molar-refractivity contribution in [3.8, 4) is 11.5 Å². The lowest BCUT2D eigenvalue weighted by Gasteiger charge is -2.19. The van der Waals surface area contributed by atoms with Crippen LogP contribution in [0.15, 0.2) is 84.1 Å². The van der Waals surface area contributed by atoms with Crippen LogP contribution in [-0.4, -0.2) is 34.9 Å². The number of ether oxygens (including phenoxy) is 3. The number of benzene rings is 3. The Hall–Kier alpha value is -4.72. The maximum absolute atomic E-state index is 13.0. The molecule has 4 aromatic rings. The fourth-order valence-electron chi connectivity index (χ4n) is 3.97. The van der Waals surface area contributed by atoms with Crippen LogP contribution < -0.4 is 9.47 Å². The lowest BCUT2D eigenvalue weighted by atomic mass is 10.0. The van der Waals surface area contributed by atoms with Crippen LogP contribution in [0.2, 0.25) is 0 Å². The fourth-order valence-corrected chi connectivity index (χ4v) is 3.97. The van der Waals surface area contributed by atoms with Gasteiger partial charge in [0.15, 0.2) is 11.5 Å². The Morgan fingerprint density at radius 1 is 0.972 bits per heavy atom. The third kappa shape index (κ3) is 4.36. The summed E-state index contributed by atoms with van der Waals surface area (Å²) < 4.78 is 17.2. The molecule has 1 amide bonds. The van der Waals surface area contributed by atoms with Gasteiger partial charge in [0.05, 0.1) is 12.7 Å². The molecule has 8 nitrogen and oxygen atoms in total. The number of fused-ring (bicyclic) bond motifs is 1. The normalized spacial score (nSPS) is 14.8. The van der Waals surface area contributed by atoms with Gasteiger partial charge in [-0.1, -0.05) is 36.4 Å². The summed E-state index contributed by atoms with van der Waals surface area (Å²) in [7, 11) is 1.48. The van der Waals surface area contributed by atoms with Crippen LogP contribution in [0.25, 0.3) is 10.8 Å². The molecule has 0 fully saturated rings. The molecule has 0 saturated carbocycles. The first kappa shape index (κ1) is 23.0. The molecule has 1 aliphatic rings. The highest BCUT2D eigenvalue weighted by atomic mass is 16.6. The molecule has 0 aliphatic carbocycles. The number of esters is 1. The maximum atomic E-state index is 13.0. The smallest absolute Gasteiger partial charge is 0.344 e. The number of rotatable bonds is 5. The average molecular weight is 482 g/mol. The van der Waals surface area contributed by atoms with E-state index in [2.05, 4.69) is 10.1 Å². The third-order valence-electron chi connectivity index (χ3n) is 5.81. The van der Waals surface area contributed by atoms with Crippen molar-refractivity contribution in [2.45, 2.75) is 20.1 Å². The zero-order valence-electron chi connectivity index (χ0n) is 20.0. The molecule has 5 rings (SSSR count). The molecule has 0 saturated heterocycles. The van der Waals surface area contributed by atoms with Gasteiger partial charge in [-0.15, -0.1) is 5.10 Å². The highest BCUT2D eigenvalue weighted by Crippen LogP contribution is 2.34. The molecule has 2 heterocycles. The molecule has 8 heteroatoms. The van der Waals surface area contributed by atoms with E-state index in [1.807, 2.05) is 55.5 Å². The van der Waals surface area contributed by atoms with E-state index in [1.54, 1.807) is 30.5 Å². The number of pyridine rings is 1.